The quantitative estimate of drug-likeness (QED) is 0.643. The number of aromatic nitrogens is 2. The van der Waals surface area contributed by atoms with Crippen molar-refractivity contribution in [2.75, 3.05) is 27.1 Å². The van der Waals surface area contributed by atoms with Crippen LogP contribution in [0.4, 0.5) is 0 Å². The minimum Gasteiger partial charge on any atom is -0.454 e. The molecule has 2 aliphatic heterocycles. The van der Waals surface area contributed by atoms with E-state index in [1.807, 2.05) is 22.9 Å². The van der Waals surface area contributed by atoms with Gasteiger partial charge in [-0.1, -0.05) is 30.3 Å². The molecule has 150 valence electrons. The summed E-state index contributed by atoms with van der Waals surface area (Å²) in [5, 5.41) is 4.94. The lowest BCUT2D eigenvalue weighted by Crippen LogP contribution is -2.31. The second-order valence-electron chi connectivity index (χ2n) is 7.69. The smallest absolute Gasteiger partial charge is 0.231 e. The van der Waals surface area contributed by atoms with Crippen LogP contribution in [-0.2, 0) is 17.8 Å². The number of rotatable bonds is 6. The van der Waals surface area contributed by atoms with Gasteiger partial charge in [-0.3, -0.25) is 9.58 Å². The van der Waals surface area contributed by atoms with Crippen LogP contribution >= 0.6 is 0 Å². The fourth-order valence-electron chi connectivity index (χ4n) is 3.98. The molecule has 6 nitrogen and oxygen atoms in total. The highest BCUT2D eigenvalue weighted by Crippen LogP contribution is 2.36. The molecule has 5 rings (SSSR count). The first-order chi connectivity index (χ1) is 14.3. The highest BCUT2D eigenvalue weighted by molar-refractivity contribution is 5.67. The molecule has 0 saturated carbocycles. The van der Waals surface area contributed by atoms with E-state index in [1.165, 1.54) is 11.1 Å². The van der Waals surface area contributed by atoms with Gasteiger partial charge in [0.05, 0.1) is 18.8 Å². The maximum Gasteiger partial charge on any atom is 0.231 e. The van der Waals surface area contributed by atoms with Crippen LogP contribution in [0.15, 0.2) is 54.7 Å². The summed E-state index contributed by atoms with van der Waals surface area (Å²) in [6.45, 7) is 3.49. The topological polar surface area (TPSA) is 48.8 Å². The van der Waals surface area contributed by atoms with E-state index in [4.69, 9.17) is 19.3 Å². The van der Waals surface area contributed by atoms with Crippen molar-refractivity contribution in [1.82, 2.24) is 14.7 Å². The van der Waals surface area contributed by atoms with E-state index in [9.17, 15) is 0 Å². The summed E-state index contributed by atoms with van der Waals surface area (Å²) in [4.78, 5) is 2.37. The molecule has 2 aliphatic rings. The normalized spacial score (nSPS) is 17.9. The molecule has 29 heavy (non-hydrogen) atoms. The van der Waals surface area contributed by atoms with Crippen molar-refractivity contribution >= 4 is 0 Å². The van der Waals surface area contributed by atoms with Gasteiger partial charge in [0.2, 0.25) is 6.79 Å². The van der Waals surface area contributed by atoms with Crippen molar-refractivity contribution in [3.63, 3.8) is 0 Å². The fraction of sp³-hybridized carbons (Fsp3) is 0.348. The molecular formula is C23H25N3O3. The van der Waals surface area contributed by atoms with E-state index in [0.717, 1.165) is 55.5 Å². The molecule has 1 aromatic heterocycles. The summed E-state index contributed by atoms with van der Waals surface area (Å²) in [7, 11) is 2.16. The SMILES string of the molecule is CN(Cc1cn(Cc2ccccc2)nc1-c1ccc2c(c1)OCO2)C1CCOC1. The second kappa shape index (κ2) is 7.89. The van der Waals surface area contributed by atoms with E-state index in [-0.39, 0.29) is 6.79 Å². The van der Waals surface area contributed by atoms with Crippen LogP contribution in [0.5, 0.6) is 11.5 Å². The molecule has 3 aromatic rings. The lowest BCUT2D eigenvalue weighted by molar-refractivity contribution is 0.156. The Balaban J connectivity index is 1.47. The van der Waals surface area contributed by atoms with E-state index < -0.39 is 0 Å². The number of benzene rings is 2. The first kappa shape index (κ1) is 18.2. The zero-order valence-corrected chi connectivity index (χ0v) is 16.6. The lowest BCUT2D eigenvalue weighted by atomic mass is 10.1. The minimum atomic E-state index is 0.276. The van der Waals surface area contributed by atoms with Crippen molar-refractivity contribution in [2.45, 2.75) is 25.6 Å². The highest BCUT2D eigenvalue weighted by Gasteiger charge is 2.23. The van der Waals surface area contributed by atoms with Gasteiger partial charge in [0.25, 0.3) is 0 Å². The number of ether oxygens (including phenoxy) is 3. The van der Waals surface area contributed by atoms with Gasteiger partial charge in [0.15, 0.2) is 11.5 Å². The summed E-state index contributed by atoms with van der Waals surface area (Å²) in [5.41, 5.74) is 4.47. The number of likely N-dealkylation sites (N-methyl/N-ethyl adjacent to an activating group) is 1. The molecule has 3 heterocycles. The third-order valence-corrected chi connectivity index (χ3v) is 5.62. The Kier molecular flexibility index (Phi) is 4.96. The van der Waals surface area contributed by atoms with Crippen LogP contribution < -0.4 is 9.47 Å². The summed E-state index contributed by atoms with van der Waals surface area (Å²) in [5.74, 6) is 1.57. The zero-order valence-electron chi connectivity index (χ0n) is 16.6. The minimum absolute atomic E-state index is 0.276. The molecule has 1 fully saturated rings. The van der Waals surface area contributed by atoms with Gasteiger partial charge in [0.1, 0.15) is 0 Å². The second-order valence-corrected chi connectivity index (χ2v) is 7.69. The number of hydrogen-bond donors (Lipinski definition) is 0. The van der Waals surface area contributed by atoms with Crippen LogP contribution in [0.3, 0.4) is 0 Å². The number of hydrogen-bond acceptors (Lipinski definition) is 5. The zero-order chi connectivity index (χ0) is 19.6. The van der Waals surface area contributed by atoms with Gasteiger partial charge in [-0.2, -0.15) is 5.10 Å². The number of nitrogens with zero attached hydrogens (tertiary/aromatic N) is 3. The summed E-state index contributed by atoms with van der Waals surface area (Å²) in [6, 6.07) is 16.9. The third kappa shape index (κ3) is 3.86. The molecule has 1 atom stereocenters. The Bertz CT molecular complexity index is 980. The Morgan fingerprint density at radius 3 is 2.79 bits per heavy atom. The first-order valence-corrected chi connectivity index (χ1v) is 10.0. The van der Waals surface area contributed by atoms with Gasteiger partial charge < -0.3 is 14.2 Å². The Morgan fingerprint density at radius 1 is 1.10 bits per heavy atom. The van der Waals surface area contributed by atoms with E-state index in [1.54, 1.807) is 0 Å². The molecule has 6 heteroatoms. The summed E-state index contributed by atoms with van der Waals surface area (Å²) < 4.78 is 18.7. The molecule has 2 aromatic carbocycles. The molecule has 1 unspecified atom stereocenters. The number of fused-ring (bicyclic) bond motifs is 1. The van der Waals surface area contributed by atoms with Crippen LogP contribution in [-0.4, -0.2) is 47.8 Å². The van der Waals surface area contributed by atoms with E-state index >= 15 is 0 Å². The lowest BCUT2D eigenvalue weighted by Gasteiger charge is -2.22. The van der Waals surface area contributed by atoms with Gasteiger partial charge in [-0.05, 0) is 37.2 Å². The van der Waals surface area contributed by atoms with Crippen LogP contribution in [0.2, 0.25) is 0 Å². The average molecular weight is 391 g/mol. The first-order valence-electron chi connectivity index (χ1n) is 10.0. The van der Waals surface area contributed by atoms with Crippen molar-refractivity contribution in [3.05, 3.63) is 65.9 Å². The van der Waals surface area contributed by atoms with Gasteiger partial charge >= 0.3 is 0 Å². The molecule has 0 bridgehead atoms. The van der Waals surface area contributed by atoms with Crippen molar-refractivity contribution in [1.29, 1.82) is 0 Å². The van der Waals surface area contributed by atoms with E-state index in [2.05, 4.69) is 48.5 Å². The van der Waals surface area contributed by atoms with Gasteiger partial charge in [0, 0.05) is 36.5 Å². The van der Waals surface area contributed by atoms with Gasteiger partial charge in [-0.25, -0.2) is 0 Å². The molecule has 1 saturated heterocycles. The van der Waals surface area contributed by atoms with Crippen molar-refractivity contribution < 1.29 is 14.2 Å². The van der Waals surface area contributed by atoms with Gasteiger partial charge in [-0.15, -0.1) is 0 Å². The third-order valence-electron chi connectivity index (χ3n) is 5.62. The molecule has 0 N–H and O–H groups in total. The van der Waals surface area contributed by atoms with Crippen molar-refractivity contribution in [2.24, 2.45) is 0 Å². The highest BCUT2D eigenvalue weighted by atomic mass is 16.7. The Hall–Kier alpha value is -2.83. The molecular weight excluding hydrogens is 366 g/mol. The molecule has 0 spiro atoms. The average Bonchev–Trinajstić information content (AvgIpc) is 3.49. The van der Waals surface area contributed by atoms with E-state index in [0.29, 0.717) is 6.04 Å². The maximum absolute atomic E-state index is 5.58. The molecule has 0 radical (unpaired) electrons. The Morgan fingerprint density at radius 2 is 1.97 bits per heavy atom. The van der Waals surface area contributed by atoms with Crippen LogP contribution in [0, 0.1) is 0 Å². The monoisotopic (exact) mass is 391 g/mol. The van der Waals surface area contributed by atoms with Crippen molar-refractivity contribution in [3.8, 4) is 22.8 Å². The molecule has 0 amide bonds. The molecule has 0 aliphatic carbocycles. The summed E-state index contributed by atoms with van der Waals surface area (Å²) >= 11 is 0. The fourth-order valence-corrected chi connectivity index (χ4v) is 3.98. The standard InChI is InChI=1S/C23H25N3O3/c1-25(20-9-10-27-15-20)13-19-14-26(12-17-5-3-2-4-6-17)24-23(19)18-7-8-21-22(11-18)29-16-28-21/h2-8,11,14,20H,9-10,12-13,15-16H2,1H3. The van der Waals surface area contributed by atoms with Crippen LogP contribution in [0.1, 0.15) is 17.5 Å². The Labute approximate surface area is 170 Å². The predicted molar refractivity (Wildman–Crippen MR) is 110 cm³/mol. The predicted octanol–water partition coefficient (Wildman–Crippen LogP) is 3.55. The maximum atomic E-state index is 5.58. The van der Waals surface area contributed by atoms with Crippen LogP contribution in [0.25, 0.3) is 11.3 Å². The summed E-state index contributed by atoms with van der Waals surface area (Å²) in [6.07, 6.45) is 3.24. The largest absolute Gasteiger partial charge is 0.454 e.